The summed E-state index contributed by atoms with van der Waals surface area (Å²) in [5.41, 5.74) is 1.37. The number of anilines is 1. The summed E-state index contributed by atoms with van der Waals surface area (Å²) in [6, 6.07) is 0. The molecular weight excluding hydrogens is 266 g/mol. The first-order chi connectivity index (χ1) is 9.08. The Morgan fingerprint density at radius 2 is 2.32 bits per heavy atom. The first-order valence-electron chi connectivity index (χ1n) is 5.87. The summed E-state index contributed by atoms with van der Waals surface area (Å²) in [7, 11) is 1.43. The quantitative estimate of drug-likeness (QED) is 0.914. The summed E-state index contributed by atoms with van der Waals surface area (Å²) >= 11 is 1.42. The van der Waals surface area contributed by atoms with E-state index in [4.69, 9.17) is 4.74 Å². The number of carbonyl (C=O) groups is 1. The van der Waals surface area contributed by atoms with Crippen molar-refractivity contribution >= 4 is 27.9 Å². The first kappa shape index (κ1) is 13.7. The highest BCUT2D eigenvalue weighted by Gasteiger charge is 2.15. The molecule has 0 atom stereocenters. The number of aromatic nitrogens is 2. The van der Waals surface area contributed by atoms with Gasteiger partial charge in [0.1, 0.15) is 12.3 Å². The van der Waals surface area contributed by atoms with Crippen LogP contribution in [0.5, 0.6) is 0 Å². The van der Waals surface area contributed by atoms with E-state index in [0.717, 1.165) is 12.1 Å². The van der Waals surface area contributed by atoms with Crippen LogP contribution in [0.3, 0.4) is 0 Å². The van der Waals surface area contributed by atoms with Crippen LogP contribution >= 0.6 is 11.3 Å². The Morgan fingerprint density at radius 3 is 2.95 bits per heavy atom. The average Bonchev–Trinajstić information content (AvgIpc) is 2.77. The van der Waals surface area contributed by atoms with E-state index in [0.29, 0.717) is 10.7 Å². The number of nitrogens with zero attached hydrogens (tertiary/aromatic N) is 2. The summed E-state index contributed by atoms with van der Waals surface area (Å²) < 4.78 is 6.28. The average molecular weight is 281 g/mol. The topological polar surface area (TPSA) is 72.7 Å². The minimum absolute atomic E-state index is 0.0914. The van der Waals surface area contributed by atoms with Gasteiger partial charge in [-0.3, -0.25) is 14.0 Å². The van der Waals surface area contributed by atoms with E-state index in [1.807, 2.05) is 12.3 Å². The maximum absolute atomic E-state index is 12.4. The molecule has 0 aliphatic carbocycles. The van der Waals surface area contributed by atoms with Gasteiger partial charge in [-0.2, -0.15) is 0 Å². The third-order valence-corrected chi connectivity index (χ3v) is 3.60. The Kier molecular flexibility index (Phi) is 3.96. The van der Waals surface area contributed by atoms with Crippen LogP contribution in [0.1, 0.15) is 18.3 Å². The van der Waals surface area contributed by atoms with E-state index >= 15 is 0 Å². The summed E-state index contributed by atoms with van der Waals surface area (Å²) in [4.78, 5) is 28.9. The molecule has 2 heterocycles. The van der Waals surface area contributed by atoms with Crippen LogP contribution in [0, 0.1) is 6.92 Å². The predicted molar refractivity (Wildman–Crippen MR) is 74.0 cm³/mol. The van der Waals surface area contributed by atoms with E-state index in [1.165, 1.54) is 18.4 Å². The fourth-order valence-corrected chi connectivity index (χ4v) is 2.81. The standard InChI is InChI=1S/C12H15N3O3S/c1-4-8-6-19-12-13-7(2)10(11(17)15(8)12)14-9(16)5-18-3/h6H,4-5H2,1-3H3,(H,14,16). The molecule has 0 radical (unpaired) electrons. The fraction of sp³-hybridized carbons (Fsp3) is 0.417. The lowest BCUT2D eigenvalue weighted by Gasteiger charge is -2.08. The zero-order valence-corrected chi connectivity index (χ0v) is 11.8. The SMILES string of the molecule is CCc1csc2nc(C)c(NC(=O)COC)c(=O)n12. The Labute approximate surface area is 114 Å². The monoisotopic (exact) mass is 281 g/mol. The Bertz CT molecular complexity index is 675. The Hall–Kier alpha value is -1.73. The highest BCUT2D eigenvalue weighted by molar-refractivity contribution is 7.15. The van der Waals surface area contributed by atoms with Gasteiger partial charge in [-0.15, -0.1) is 11.3 Å². The molecule has 7 heteroatoms. The minimum atomic E-state index is -0.363. The predicted octanol–water partition coefficient (Wildman–Crippen LogP) is 1.21. The van der Waals surface area contributed by atoms with Gasteiger partial charge < -0.3 is 10.1 Å². The number of nitrogens with one attached hydrogen (secondary N) is 1. The van der Waals surface area contributed by atoms with Gasteiger partial charge in [-0.25, -0.2) is 4.98 Å². The third kappa shape index (κ3) is 2.52. The van der Waals surface area contributed by atoms with Crippen molar-refractivity contribution in [1.29, 1.82) is 0 Å². The number of amides is 1. The molecule has 2 aromatic heterocycles. The van der Waals surface area contributed by atoms with Gasteiger partial charge in [-0.05, 0) is 13.3 Å². The third-order valence-electron chi connectivity index (χ3n) is 2.72. The molecule has 0 unspecified atom stereocenters. The van der Waals surface area contributed by atoms with Crippen molar-refractivity contribution in [2.24, 2.45) is 0 Å². The second-order valence-electron chi connectivity index (χ2n) is 4.06. The number of ether oxygens (including phenoxy) is 1. The molecule has 1 amide bonds. The zero-order valence-electron chi connectivity index (χ0n) is 11.0. The van der Waals surface area contributed by atoms with E-state index in [9.17, 15) is 9.59 Å². The first-order valence-corrected chi connectivity index (χ1v) is 6.75. The second kappa shape index (κ2) is 5.50. The number of rotatable bonds is 4. The largest absolute Gasteiger partial charge is 0.375 e. The highest BCUT2D eigenvalue weighted by Crippen LogP contribution is 2.16. The lowest BCUT2D eigenvalue weighted by atomic mass is 10.3. The van der Waals surface area contributed by atoms with E-state index in [-0.39, 0.29) is 23.8 Å². The van der Waals surface area contributed by atoms with Crippen LogP contribution in [-0.2, 0) is 16.0 Å². The van der Waals surface area contributed by atoms with Crippen LogP contribution < -0.4 is 10.9 Å². The zero-order chi connectivity index (χ0) is 14.0. The molecule has 0 saturated heterocycles. The van der Waals surface area contributed by atoms with Crippen molar-refractivity contribution in [2.75, 3.05) is 19.0 Å². The minimum Gasteiger partial charge on any atom is -0.375 e. The molecule has 0 aliphatic heterocycles. The number of fused-ring (bicyclic) bond motifs is 1. The van der Waals surface area contributed by atoms with Gasteiger partial charge in [0.2, 0.25) is 0 Å². The number of aryl methyl sites for hydroxylation is 2. The number of hydrogen-bond donors (Lipinski definition) is 1. The number of carbonyl (C=O) groups excluding carboxylic acids is 1. The van der Waals surface area contributed by atoms with E-state index in [2.05, 4.69) is 10.3 Å². The summed E-state index contributed by atoms with van der Waals surface area (Å²) in [6.45, 7) is 3.58. The van der Waals surface area contributed by atoms with Gasteiger partial charge in [0, 0.05) is 18.2 Å². The molecule has 0 aromatic carbocycles. The highest BCUT2D eigenvalue weighted by atomic mass is 32.1. The molecule has 0 aliphatic rings. The summed E-state index contributed by atoms with van der Waals surface area (Å²) in [5, 5.41) is 4.46. The van der Waals surface area contributed by atoms with Crippen LogP contribution in [0.15, 0.2) is 10.2 Å². The molecule has 0 bridgehead atoms. The van der Waals surface area contributed by atoms with Crippen molar-refractivity contribution in [1.82, 2.24) is 9.38 Å². The van der Waals surface area contributed by atoms with Crippen LogP contribution in [0.4, 0.5) is 5.69 Å². The molecule has 1 N–H and O–H groups in total. The molecule has 0 spiro atoms. The molecule has 0 fully saturated rings. The lowest BCUT2D eigenvalue weighted by molar-refractivity contribution is -0.119. The van der Waals surface area contributed by atoms with Gasteiger partial charge >= 0.3 is 0 Å². The van der Waals surface area contributed by atoms with Crippen molar-refractivity contribution < 1.29 is 9.53 Å². The maximum Gasteiger partial charge on any atom is 0.282 e. The lowest BCUT2D eigenvalue weighted by Crippen LogP contribution is -2.27. The van der Waals surface area contributed by atoms with Crippen molar-refractivity contribution in [3.05, 3.63) is 27.1 Å². The van der Waals surface area contributed by atoms with Crippen molar-refractivity contribution in [3.63, 3.8) is 0 Å². The van der Waals surface area contributed by atoms with Crippen LogP contribution in [-0.4, -0.2) is 29.0 Å². The van der Waals surface area contributed by atoms with Crippen LogP contribution in [0.2, 0.25) is 0 Å². The maximum atomic E-state index is 12.4. The van der Waals surface area contributed by atoms with E-state index in [1.54, 1.807) is 11.3 Å². The normalized spacial score (nSPS) is 10.9. The molecule has 0 saturated carbocycles. The molecule has 6 nitrogen and oxygen atoms in total. The van der Waals surface area contributed by atoms with Crippen molar-refractivity contribution in [2.45, 2.75) is 20.3 Å². The van der Waals surface area contributed by atoms with Gasteiger partial charge in [0.05, 0.1) is 5.69 Å². The molecule has 2 rings (SSSR count). The van der Waals surface area contributed by atoms with Gasteiger partial charge in [-0.1, -0.05) is 6.92 Å². The Balaban J connectivity index is 2.54. The number of methoxy groups -OCH3 is 1. The Morgan fingerprint density at radius 1 is 1.58 bits per heavy atom. The summed E-state index contributed by atoms with van der Waals surface area (Å²) in [5.74, 6) is -0.363. The van der Waals surface area contributed by atoms with Crippen molar-refractivity contribution in [3.8, 4) is 0 Å². The van der Waals surface area contributed by atoms with Crippen LogP contribution in [0.25, 0.3) is 4.96 Å². The fourth-order valence-electron chi connectivity index (χ4n) is 1.80. The molecule has 102 valence electrons. The number of thiazole rings is 1. The van der Waals surface area contributed by atoms with E-state index < -0.39 is 0 Å². The molecule has 19 heavy (non-hydrogen) atoms. The number of hydrogen-bond acceptors (Lipinski definition) is 5. The van der Waals surface area contributed by atoms with Gasteiger partial charge in [0.15, 0.2) is 4.96 Å². The van der Waals surface area contributed by atoms with Gasteiger partial charge in [0.25, 0.3) is 11.5 Å². The molecular formula is C12H15N3O3S. The second-order valence-corrected chi connectivity index (χ2v) is 4.89. The smallest absolute Gasteiger partial charge is 0.282 e. The molecule has 2 aromatic rings. The summed E-state index contributed by atoms with van der Waals surface area (Å²) in [6.07, 6.45) is 0.732.